The van der Waals surface area contributed by atoms with Crippen LogP contribution in [0.15, 0.2) is 54.6 Å². The van der Waals surface area contributed by atoms with Crippen molar-refractivity contribution in [1.82, 2.24) is 9.78 Å². The molecule has 1 saturated carbocycles. The Bertz CT molecular complexity index is 1090. The molecule has 1 aliphatic rings. The summed E-state index contributed by atoms with van der Waals surface area (Å²) in [4.78, 5) is 10.7. The van der Waals surface area contributed by atoms with Crippen molar-refractivity contribution in [3.63, 3.8) is 0 Å². The number of aliphatic carboxylic acids is 1. The third kappa shape index (κ3) is 5.68. The fourth-order valence-corrected chi connectivity index (χ4v) is 5.03. The van der Waals surface area contributed by atoms with E-state index in [0.29, 0.717) is 18.4 Å². The molecule has 0 saturated heterocycles. The molecule has 6 heteroatoms. The van der Waals surface area contributed by atoms with E-state index in [-0.39, 0.29) is 6.61 Å². The highest BCUT2D eigenvalue weighted by molar-refractivity contribution is 5.83. The van der Waals surface area contributed by atoms with E-state index >= 15 is 0 Å². The van der Waals surface area contributed by atoms with E-state index in [1.165, 1.54) is 11.3 Å². The summed E-state index contributed by atoms with van der Waals surface area (Å²) in [7, 11) is 1.70. The molecule has 0 amide bonds. The Morgan fingerprint density at radius 3 is 2.41 bits per heavy atom. The van der Waals surface area contributed by atoms with Crippen molar-refractivity contribution in [2.45, 2.75) is 45.6 Å². The molecule has 2 aromatic carbocycles. The molecule has 6 nitrogen and oxygen atoms in total. The molecule has 0 radical (unpaired) electrons. The van der Waals surface area contributed by atoms with Gasteiger partial charge in [0.1, 0.15) is 18.1 Å². The van der Waals surface area contributed by atoms with Crippen molar-refractivity contribution in [3.05, 3.63) is 60.3 Å². The van der Waals surface area contributed by atoms with Crippen LogP contribution >= 0.6 is 0 Å². The van der Waals surface area contributed by atoms with Crippen LogP contribution < -0.4 is 4.74 Å². The van der Waals surface area contributed by atoms with Crippen LogP contribution in [0.3, 0.4) is 0 Å². The highest BCUT2D eigenvalue weighted by Crippen LogP contribution is 2.38. The van der Waals surface area contributed by atoms with Crippen molar-refractivity contribution in [1.29, 1.82) is 0 Å². The lowest BCUT2D eigenvalue weighted by Crippen LogP contribution is -2.23. The third-order valence-corrected chi connectivity index (χ3v) is 6.77. The van der Waals surface area contributed by atoms with Gasteiger partial charge in [-0.3, -0.25) is 4.68 Å². The highest BCUT2D eigenvalue weighted by atomic mass is 16.5. The monoisotopic (exact) mass is 462 g/mol. The standard InChI is InChI=1S/C28H34N2O4/c1-3-25-27(23-10-7-11-24(16-23)33-2)28(22-8-5-4-6-9-22)29-30(25)17-20-12-14-21(15-13-20)18-34-19-26(31)32/h4-11,16,20-21H,3,12-15,17-19H2,1-2H3,(H,31,32)/t20-,21+. The van der Waals surface area contributed by atoms with Gasteiger partial charge in [0.2, 0.25) is 0 Å². The number of carboxylic acid groups (broad SMARTS) is 1. The second-order valence-corrected chi connectivity index (χ2v) is 9.10. The largest absolute Gasteiger partial charge is 0.497 e. The van der Waals surface area contributed by atoms with E-state index in [4.69, 9.17) is 19.7 Å². The zero-order valence-electron chi connectivity index (χ0n) is 20.1. The molecule has 0 unspecified atom stereocenters. The number of aromatic nitrogens is 2. The van der Waals surface area contributed by atoms with Gasteiger partial charge in [0.05, 0.1) is 13.7 Å². The molecule has 1 aromatic heterocycles. The second kappa shape index (κ2) is 11.3. The highest BCUT2D eigenvalue weighted by Gasteiger charge is 2.25. The van der Waals surface area contributed by atoms with E-state index in [9.17, 15) is 4.79 Å². The lowest BCUT2D eigenvalue weighted by molar-refractivity contribution is -0.142. The third-order valence-electron chi connectivity index (χ3n) is 6.77. The van der Waals surface area contributed by atoms with Gasteiger partial charge in [-0.1, -0.05) is 49.4 Å². The fraction of sp³-hybridized carbons (Fsp3) is 0.429. The van der Waals surface area contributed by atoms with Gasteiger partial charge in [-0.25, -0.2) is 4.79 Å². The summed E-state index contributed by atoms with van der Waals surface area (Å²) in [6, 6.07) is 18.6. The number of nitrogens with zero attached hydrogens (tertiary/aromatic N) is 2. The summed E-state index contributed by atoms with van der Waals surface area (Å²) >= 11 is 0. The van der Waals surface area contributed by atoms with Gasteiger partial charge in [-0.05, 0) is 61.6 Å². The van der Waals surface area contributed by atoms with E-state index in [1.54, 1.807) is 7.11 Å². The van der Waals surface area contributed by atoms with E-state index in [0.717, 1.165) is 61.2 Å². The lowest BCUT2D eigenvalue weighted by atomic mass is 9.82. The molecule has 0 bridgehead atoms. The molecule has 1 heterocycles. The summed E-state index contributed by atoms with van der Waals surface area (Å²) in [5.41, 5.74) is 5.69. The molecule has 1 fully saturated rings. The zero-order chi connectivity index (χ0) is 23.9. The average molecular weight is 463 g/mol. The normalized spacial score (nSPS) is 18.1. The minimum Gasteiger partial charge on any atom is -0.497 e. The van der Waals surface area contributed by atoms with Gasteiger partial charge in [0.15, 0.2) is 0 Å². The second-order valence-electron chi connectivity index (χ2n) is 9.10. The quantitative estimate of drug-likeness (QED) is 0.419. The molecular weight excluding hydrogens is 428 g/mol. The summed E-state index contributed by atoms with van der Waals surface area (Å²) in [5, 5.41) is 13.9. The van der Waals surface area contributed by atoms with Crippen molar-refractivity contribution >= 4 is 5.97 Å². The van der Waals surface area contributed by atoms with Gasteiger partial charge in [0, 0.05) is 23.4 Å². The first-order valence-corrected chi connectivity index (χ1v) is 12.2. The number of ether oxygens (including phenoxy) is 2. The molecule has 0 spiro atoms. The zero-order valence-corrected chi connectivity index (χ0v) is 20.1. The number of hydrogen-bond acceptors (Lipinski definition) is 4. The van der Waals surface area contributed by atoms with Gasteiger partial charge in [-0.2, -0.15) is 5.10 Å². The van der Waals surface area contributed by atoms with Crippen LogP contribution in [0.2, 0.25) is 0 Å². The van der Waals surface area contributed by atoms with Gasteiger partial charge >= 0.3 is 5.97 Å². The van der Waals surface area contributed by atoms with Crippen LogP contribution in [0.4, 0.5) is 0 Å². The molecule has 0 atom stereocenters. The lowest BCUT2D eigenvalue weighted by Gasteiger charge is -2.28. The average Bonchev–Trinajstić information content (AvgIpc) is 3.23. The summed E-state index contributed by atoms with van der Waals surface area (Å²) in [6.07, 6.45) is 5.26. The molecule has 1 aliphatic carbocycles. The van der Waals surface area contributed by atoms with Crippen molar-refractivity contribution in [2.24, 2.45) is 11.8 Å². The van der Waals surface area contributed by atoms with Crippen molar-refractivity contribution < 1.29 is 19.4 Å². The number of methoxy groups -OCH3 is 1. The number of carboxylic acids is 1. The predicted octanol–water partition coefficient (Wildman–Crippen LogP) is 5.70. The summed E-state index contributed by atoms with van der Waals surface area (Å²) in [6.45, 7) is 3.43. The first-order valence-electron chi connectivity index (χ1n) is 12.2. The first kappa shape index (κ1) is 24.0. The van der Waals surface area contributed by atoms with Crippen LogP contribution in [0.25, 0.3) is 22.4 Å². The maximum atomic E-state index is 10.7. The van der Waals surface area contributed by atoms with Crippen LogP contribution in [0.5, 0.6) is 5.75 Å². The minimum atomic E-state index is -0.902. The molecule has 3 aromatic rings. The Hall–Kier alpha value is -3.12. The first-order chi connectivity index (χ1) is 16.6. The van der Waals surface area contributed by atoms with Crippen LogP contribution in [-0.2, 0) is 22.5 Å². The van der Waals surface area contributed by atoms with Crippen molar-refractivity contribution in [3.8, 4) is 28.1 Å². The maximum Gasteiger partial charge on any atom is 0.329 e. The molecule has 34 heavy (non-hydrogen) atoms. The number of rotatable bonds is 10. The number of benzene rings is 2. The van der Waals surface area contributed by atoms with Gasteiger partial charge in [0.25, 0.3) is 0 Å². The Kier molecular flexibility index (Phi) is 8.01. The number of hydrogen-bond donors (Lipinski definition) is 1. The Morgan fingerprint density at radius 2 is 1.74 bits per heavy atom. The van der Waals surface area contributed by atoms with E-state index in [1.807, 2.05) is 18.2 Å². The van der Waals surface area contributed by atoms with Crippen LogP contribution in [-0.4, -0.2) is 41.2 Å². The Labute approximate surface area is 201 Å². The van der Waals surface area contributed by atoms with Gasteiger partial charge < -0.3 is 14.6 Å². The molecular formula is C28H34N2O4. The van der Waals surface area contributed by atoms with Gasteiger partial charge in [-0.15, -0.1) is 0 Å². The van der Waals surface area contributed by atoms with E-state index < -0.39 is 5.97 Å². The smallest absolute Gasteiger partial charge is 0.329 e. The van der Waals surface area contributed by atoms with Crippen LogP contribution in [0.1, 0.15) is 38.3 Å². The van der Waals surface area contributed by atoms with Crippen molar-refractivity contribution in [2.75, 3.05) is 20.3 Å². The van der Waals surface area contributed by atoms with E-state index in [2.05, 4.69) is 48.0 Å². The minimum absolute atomic E-state index is 0.206. The summed E-state index contributed by atoms with van der Waals surface area (Å²) < 4.78 is 13.1. The maximum absolute atomic E-state index is 10.7. The van der Waals surface area contributed by atoms with Crippen LogP contribution in [0, 0.1) is 11.8 Å². The Balaban J connectivity index is 1.58. The molecule has 0 aliphatic heterocycles. The molecule has 180 valence electrons. The molecule has 1 N–H and O–H groups in total. The fourth-order valence-electron chi connectivity index (χ4n) is 5.03. The topological polar surface area (TPSA) is 73.6 Å². The predicted molar refractivity (Wildman–Crippen MR) is 133 cm³/mol. The SMILES string of the molecule is CCc1c(-c2cccc(OC)c2)c(-c2ccccc2)nn1C[C@H]1CC[C@@H](COCC(=O)O)CC1. The number of carbonyl (C=O) groups is 1. The Morgan fingerprint density at radius 1 is 1.03 bits per heavy atom. The molecule has 4 rings (SSSR count). The summed E-state index contributed by atoms with van der Waals surface area (Å²) in [5.74, 6) is 0.948.